The Morgan fingerprint density at radius 3 is 2.56 bits per heavy atom. The maximum Gasteiger partial charge on any atom is 0.234 e. The summed E-state index contributed by atoms with van der Waals surface area (Å²) in [7, 11) is 0. The topological polar surface area (TPSA) is 41.1 Å². The van der Waals surface area contributed by atoms with Crippen LogP contribution < -0.4 is 10.6 Å². The fraction of sp³-hybridized carbons (Fsp3) is 0.923. The summed E-state index contributed by atoms with van der Waals surface area (Å²) in [6, 6.07) is 0.444. The minimum Gasteiger partial charge on any atom is -0.352 e. The first-order valence-corrected chi connectivity index (χ1v) is 6.68. The molecule has 2 aliphatic rings. The molecule has 0 spiro atoms. The summed E-state index contributed by atoms with van der Waals surface area (Å²) in [6.07, 6.45) is 8.84. The van der Waals surface area contributed by atoms with Gasteiger partial charge in [0.05, 0.1) is 6.54 Å². The second-order valence-corrected chi connectivity index (χ2v) is 5.82. The van der Waals surface area contributed by atoms with Gasteiger partial charge in [0.1, 0.15) is 0 Å². The van der Waals surface area contributed by atoms with E-state index in [1.54, 1.807) is 0 Å². The molecular weight excluding hydrogens is 200 g/mol. The Morgan fingerprint density at radius 2 is 1.94 bits per heavy atom. The molecule has 2 aliphatic carbocycles. The summed E-state index contributed by atoms with van der Waals surface area (Å²) in [4.78, 5) is 11.6. The highest BCUT2D eigenvalue weighted by molar-refractivity contribution is 5.78. The minimum atomic E-state index is 0.177. The predicted octanol–water partition coefficient (Wildman–Crippen LogP) is 1.82. The van der Waals surface area contributed by atoms with Crippen LogP contribution in [0.15, 0.2) is 0 Å². The van der Waals surface area contributed by atoms with E-state index in [-0.39, 0.29) is 5.91 Å². The molecule has 0 aliphatic heterocycles. The average molecular weight is 224 g/mol. The standard InChI is InChI=1S/C13H24N2O/c1-13(7-8-13)10-14-9-12(16)15-11-5-3-2-4-6-11/h11,14H,2-10H2,1H3,(H,15,16). The summed E-state index contributed by atoms with van der Waals surface area (Å²) in [5.41, 5.74) is 0.491. The zero-order valence-corrected chi connectivity index (χ0v) is 10.3. The first-order chi connectivity index (χ1) is 7.68. The molecule has 92 valence electrons. The zero-order chi connectivity index (χ0) is 11.4. The van der Waals surface area contributed by atoms with Gasteiger partial charge in [0.2, 0.25) is 5.91 Å². The molecule has 3 nitrogen and oxygen atoms in total. The van der Waals surface area contributed by atoms with Crippen molar-refractivity contribution >= 4 is 5.91 Å². The van der Waals surface area contributed by atoms with Crippen LogP contribution in [0.2, 0.25) is 0 Å². The lowest BCUT2D eigenvalue weighted by Crippen LogP contribution is -2.42. The van der Waals surface area contributed by atoms with Crippen LogP contribution in [0, 0.1) is 5.41 Å². The lowest BCUT2D eigenvalue weighted by Gasteiger charge is -2.23. The number of hydrogen-bond donors (Lipinski definition) is 2. The summed E-state index contributed by atoms with van der Waals surface area (Å²) in [5, 5.41) is 6.39. The smallest absolute Gasteiger partial charge is 0.234 e. The molecule has 0 unspecified atom stereocenters. The minimum absolute atomic E-state index is 0.177. The Balaban J connectivity index is 1.56. The largest absolute Gasteiger partial charge is 0.352 e. The average Bonchev–Trinajstić information content (AvgIpc) is 2.98. The van der Waals surface area contributed by atoms with Gasteiger partial charge in [-0.15, -0.1) is 0 Å². The van der Waals surface area contributed by atoms with E-state index in [4.69, 9.17) is 0 Å². The number of carbonyl (C=O) groups is 1. The maximum atomic E-state index is 11.6. The van der Waals surface area contributed by atoms with Crippen molar-refractivity contribution < 1.29 is 4.79 Å². The van der Waals surface area contributed by atoms with Crippen LogP contribution in [-0.2, 0) is 4.79 Å². The monoisotopic (exact) mass is 224 g/mol. The predicted molar refractivity (Wildman–Crippen MR) is 65.2 cm³/mol. The third-order valence-corrected chi connectivity index (χ3v) is 3.91. The van der Waals surface area contributed by atoms with Crippen molar-refractivity contribution in [3.8, 4) is 0 Å². The van der Waals surface area contributed by atoms with Gasteiger partial charge in [0, 0.05) is 12.6 Å². The molecule has 2 N–H and O–H groups in total. The Labute approximate surface area is 98.4 Å². The van der Waals surface area contributed by atoms with E-state index < -0.39 is 0 Å². The molecule has 0 atom stereocenters. The molecule has 0 radical (unpaired) electrons. The summed E-state index contributed by atoms with van der Waals surface area (Å²) >= 11 is 0. The van der Waals surface area contributed by atoms with Crippen molar-refractivity contribution in [2.75, 3.05) is 13.1 Å². The summed E-state index contributed by atoms with van der Waals surface area (Å²) < 4.78 is 0. The molecule has 2 fully saturated rings. The lowest BCUT2D eigenvalue weighted by atomic mass is 9.95. The quantitative estimate of drug-likeness (QED) is 0.748. The highest BCUT2D eigenvalue weighted by Gasteiger charge is 2.36. The molecule has 3 heteroatoms. The third kappa shape index (κ3) is 3.78. The number of nitrogens with one attached hydrogen (secondary N) is 2. The van der Waals surface area contributed by atoms with Crippen molar-refractivity contribution in [2.24, 2.45) is 5.41 Å². The Kier molecular flexibility index (Phi) is 3.85. The summed E-state index contributed by atoms with van der Waals surface area (Å²) in [5.74, 6) is 0.177. The van der Waals surface area contributed by atoms with Crippen molar-refractivity contribution in [3.05, 3.63) is 0 Å². The van der Waals surface area contributed by atoms with Gasteiger partial charge >= 0.3 is 0 Å². The Morgan fingerprint density at radius 1 is 1.25 bits per heavy atom. The van der Waals surface area contributed by atoms with Gasteiger partial charge in [0.15, 0.2) is 0 Å². The van der Waals surface area contributed by atoms with E-state index in [1.165, 1.54) is 44.9 Å². The molecule has 2 rings (SSSR count). The van der Waals surface area contributed by atoms with Crippen LogP contribution in [0.1, 0.15) is 51.9 Å². The SMILES string of the molecule is CC1(CNCC(=O)NC2CCCCC2)CC1. The van der Waals surface area contributed by atoms with Crippen LogP contribution in [0.25, 0.3) is 0 Å². The van der Waals surface area contributed by atoms with Crippen molar-refractivity contribution in [2.45, 2.75) is 57.9 Å². The van der Waals surface area contributed by atoms with Crippen LogP contribution in [-0.4, -0.2) is 25.0 Å². The van der Waals surface area contributed by atoms with E-state index in [2.05, 4.69) is 17.6 Å². The Bertz CT molecular complexity index is 242. The third-order valence-electron chi connectivity index (χ3n) is 3.91. The van der Waals surface area contributed by atoms with E-state index in [0.717, 1.165) is 6.54 Å². The van der Waals surface area contributed by atoms with E-state index in [1.807, 2.05) is 0 Å². The summed E-state index contributed by atoms with van der Waals surface area (Å²) in [6.45, 7) is 3.76. The zero-order valence-electron chi connectivity index (χ0n) is 10.3. The first kappa shape index (κ1) is 11.9. The van der Waals surface area contributed by atoms with Crippen molar-refractivity contribution in [3.63, 3.8) is 0 Å². The highest BCUT2D eigenvalue weighted by atomic mass is 16.1. The van der Waals surface area contributed by atoms with Gasteiger partial charge in [-0.05, 0) is 31.1 Å². The molecule has 16 heavy (non-hydrogen) atoms. The van der Waals surface area contributed by atoms with Crippen LogP contribution in [0.5, 0.6) is 0 Å². The van der Waals surface area contributed by atoms with Gasteiger partial charge in [-0.1, -0.05) is 26.2 Å². The van der Waals surface area contributed by atoms with Gasteiger partial charge < -0.3 is 10.6 Å². The van der Waals surface area contributed by atoms with E-state index in [0.29, 0.717) is 18.0 Å². The number of carbonyl (C=O) groups excluding carboxylic acids is 1. The Hall–Kier alpha value is -0.570. The normalized spacial score (nSPS) is 24.1. The maximum absolute atomic E-state index is 11.6. The molecule has 0 heterocycles. The van der Waals surface area contributed by atoms with Crippen LogP contribution in [0.4, 0.5) is 0 Å². The molecule has 0 aromatic carbocycles. The van der Waals surface area contributed by atoms with E-state index >= 15 is 0 Å². The van der Waals surface area contributed by atoms with Crippen molar-refractivity contribution in [1.82, 2.24) is 10.6 Å². The molecule has 0 bridgehead atoms. The molecule has 0 saturated heterocycles. The molecular formula is C13H24N2O. The van der Waals surface area contributed by atoms with Gasteiger partial charge in [-0.25, -0.2) is 0 Å². The molecule has 2 saturated carbocycles. The highest BCUT2D eigenvalue weighted by Crippen LogP contribution is 2.43. The number of amides is 1. The second kappa shape index (κ2) is 5.17. The van der Waals surface area contributed by atoms with Gasteiger partial charge in [0.25, 0.3) is 0 Å². The fourth-order valence-corrected chi connectivity index (χ4v) is 2.39. The number of hydrogen-bond acceptors (Lipinski definition) is 2. The molecule has 0 aromatic rings. The lowest BCUT2D eigenvalue weighted by molar-refractivity contribution is -0.121. The van der Waals surface area contributed by atoms with Crippen molar-refractivity contribution in [1.29, 1.82) is 0 Å². The second-order valence-electron chi connectivity index (χ2n) is 5.82. The first-order valence-electron chi connectivity index (χ1n) is 6.68. The fourth-order valence-electron chi connectivity index (χ4n) is 2.39. The van der Waals surface area contributed by atoms with E-state index in [9.17, 15) is 4.79 Å². The molecule has 1 amide bonds. The van der Waals surface area contributed by atoms with Crippen LogP contribution in [0.3, 0.4) is 0 Å². The number of rotatable bonds is 5. The van der Waals surface area contributed by atoms with Gasteiger partial charge in [-0.3, -0.25) is 4.79 Å². The van der Waals surface area contributed by atoms with Gasteiger partial charge in [-0.2, -0.15) is 0 Å². The van der Waals surface area contributed by atoms with Crippen LogP contribution >= 0.6 is 0 Å². The molecule has 0 aromatic heterocycles.